The summed E-state index contributed by atoms with van der Waals surface area (Å²) in [6, 6.07) is 4.29. The SMILES string of the molecule is CCO[C@@H](c1ccc([C@@H](COC)CC(=O)O)cc1Nc1cnc(OC)nc1)C(F)(F)F.S.S. The smallest absolute Gasteiger partial charge is 0.418 e. The van der Waals surface area contributed by atoms with E-state index >= 15 is 0 Å². The first-order chi connectivity index (χ1) is 14.7. The standard InChI is InChI=1S/C20H24F3N3O5.2H2S/c1-4-31-18(20(21,22)23)15-6-5-12(13(11-29-2)8-17(27)28)7-16(15)26-14-9-24-19(30-3)25-10-14;;/h5-7,9-10,13,18,26H,4,8,11H2,1-3H3,(H,27,28);2*1H2/t13-,18+;;/m1../s1. The third-order valence-electron chi connectivity index (χ3n) is 4.34. The summed E-state index contributed by atoms with van der Waals surface area (Å²) < 4.78 is 56.0. The molecular formula is C20H28F3N3O5S2. The number of benzene rings is 1. The topological polar surface area (TPSA) is 103 Å². The number of aliphatic carboxylic acids is 1. The van der Waals surface area contributed by atoms with Gasteiger partial charge in [-0.1, -0.05) is 12.1 Å². The van der Waals surface area contributed by atoms with E-state index in [4.69, 9.17) is 14.2 Å². The number of carbonyl (C=O) groups is 1. The third-order valence-corrected chi connectivity index (χ3v) is 4.34. The molecule has 0 amide bonds. The zero-order valence-electron chi connectivity index (χ0n) is 18.3. The second-order valence-electron chi connectivity index (χ2n) is 6.56. The summed E-state index contributed by atoms with van der Waals surface area (Å²) in [5, 5.41) is 12.1. The van der Waals surface area contributed by atoms with Crippen LogP contribution in [-0.2, 0) is 14.3 Å². The lowest BCUT2D eigenvalue weighted by Crippen LogP contribution is -2.24. The zero-order valence-corrected chi connectivity index (χ0v) is 20.3. The summed E-state index contributed by atoms with van der Waals surface area (Å²) in [5.41, 5.74) is 0.759. The summed E-state index contributed by atoms with van der Waals surface area (Å²) in [6.45, 7) is 1.41. The number of aromatic nitrogens is 2. The normalized spacial score (nSPS) is 12.7. The minimum absolute atomic E-state index is 0. The lowest BCUT2D eigenvalue weighted by molar-refractivity contribution is -0.222. The molecule has 0 fully saturated rings. The highest BCUT2D eigenvalue weighted by Crippen LogP contribution is 2.41. The van der Waals surface area contributed by atoms with Crippen molar-refractivity contribution < 1.29 is 37.3 Å². The fraction of sp³-hybridized carbons (Fsp3) is 0.450. The average molecular weight is 512 g/mol. The van der Waals surface area contributed by atoms with Crippen LogP contribution in [0, 0.1) is 0 Å². The molecule has 186 valence electrons. The fourth-order valence-electron chi connectivity index (χ4n) is 3.02. The van der Waals surface area contributed by atoms with E-state index in [9.17, 15) is 23.1 Å². The number of carboxylic acid groups (broad SMARTS) is 1. The van der Waals surface area contributed by atoms with Crippen LogP contribution >= 0.6 is 27.0 Å². The predicted molar refractivity (Wildman–Crippen MR) is 126 cm³/mol. The molecule has 1 heterocycles. The number of halogens is 3. The molecule has 2 rings (SSSR count). The molecule has 0 aliphatic heterocycles. The van der Waals surface area contributed by atoms with E-state index in [1.807, 2.05) is 0 Å². The van der Waals surface area contributed by atoms with Gasteiger partial charge in [0, 0.05) is 30.9 Å². The maximum Gasteiger partial charge on any atom is 0.418 e. The van der Waals surface area contributed by atoms with E-state index in [1.54, 1.807) is 0 Å². The van der Waals surface area contributed by atoms with Crippen LogP contribution in [0.4, 0.5) is 24.5 Å². The number of hydrogen-bond donors (Lipinski definition) is 2. The second-order valence-corrected chi connectivity index (χ2v) is 6.56. The maximum atomic E-state index is 13.7. The van der Waals surface area contributed by atoms with Crippen molar-refractivity contribution in [1.82, 2.24) is 9.97 Å². The van der Waals surface area contributed by atoms with Crippen molar-refractivity contribution in [3.8, 4) is 6.01 Å². The largest absolute Gasteiger partial charge is 0.481 e. The van der Waals surface area contributed by atoms with E-state index in [0.717, 1.165) is 0 Å². The van der Waals surface area contributed by atoms with Crippen molar-refractivity contribution in [1.29, 1.82) is 0 Å². The van der Waals surface area contributed by atoms with Gasteiger partial charge >= 0.3 is 18.2 Å². The predicted octanol–water partition coefficient (Wildman–Crippen LogP) is 4.30. The van der Waals surface area contributed by atoms with Gasteiger partial charge in [0.25, 0.3) is 0 Å². The molecule has 0 spiro atoms. The highest BCUT2D eigenvalue weighted by molar-refractivity contribution is 7.59. The van der Waals surface area contributed by atoms with E-state index < -0.39 is 24.2 Å². The van der Waals surface area contributed by atoms with Gasteiger partial charge in [-0.25, -0.2) is 9.97 Å². The molecule has 0 bridgehead atoms. The maximum absolute atomic E-state index is 13.7. The number of anilines is 2. The number of nitrogens with one attached hydrogen (secondary N) is 1. The van der Waals surface area contributed by atoms with Crippen molar-refractivity contribution in [2.75, 3.05) is 32.8 Å². The summed E-state index contributed by atoms with van der Waals surface area (Å²) >= 11 is 0. The van der Waals surface area contributed by atoms with Gasteiger partial charge in [-0.05, 0) is 18.6 Å². The minimum atomic E-state index is -4.66. The van der Waals surface area contributed by atoms with Crippen molar-refractivity contribution >= 4 is 44.3 Å². The highest BCUT2D eigenvalue weighted by Gasteiger charge is 2.43. The molecule has 0 aliphatic rings. The van der Waals surface area contributed by atoms with E-state index in [0.29, 0.717) is 11.3 Å². The molecule has 0 unspecified atom stereocenters. The number of methoxy groups -OCH3 is 2. The molecule has 1 aromatic heterocycles. The molecule has 0 saturated heterocycles. The first kappa shape index (κ1) is 30.8. The number of ether oxygens (including phenoxy) is 3. The van der Waals surface area contributed by atoms with Gasteiger partial charge in [-0.15, -0.1) is 0 Å². The van der Waals surface area contributed by atoms with Crippen LogP contribution in [-0.4, -0.2) is 54.7 Å². The van der Waals surface area contributed by atoms with Gasteiger partial charge in [0.05, 0.1) is 38.2 Å². The highest BCUT2D eigenvalue weighted by atomic mass is 32.1. The van der Waals surface area contributed by atoms with Crippen LogP contribution in [0.25, 0.3) is 0 Å². The number of rotatable bonds is 11. The quantitative estimate of drug-likeness (QED) is 0.460. The third kappa shape index (κ3) is 8.91. The first-order valence-corrected chi connectivity index (χ1v) is 9.35. The van der Waals surface area contributed by atoms with Gasteiger partial charge < -0.3 is 24.6 Å². The fourth-order valence-corrected chi connectivity index (χ4v) is 3.02. The van der Waals surface area contributed by atoms with Crippen molar-refractivity contribution in [3.05, 3.63) is 41.7 Å². The zero-order chi connectivity index (χ0) is 23.0. The molecule has 1 aromatic carbocycles. The van der Waals surface area contributed by atoms with Crippen molar-refractivity contribution in [2.24, 2.45) is 0 Å². The molecule has 0 aliphatic carbocycles. The molecule has 2 atom stereocenters. The molecule has 33 heavy (non-hydrogen) atoms. The van der Waals surface area contributed by atoms with Crippen molar-refractivity contribution in [2.45, 2.75) is 31.5 Å². The Hall–Kier alpha value is -2.22. The van der Waals surface area contributed by atoms with Crippen LogP contribution in [0.2, 0.25) is 0 Å². The number of hydrogen-bond acceptors (Lipinski definition) is 7. The summed E-state index contributed by atoms with van der Waals surface area (Å²) in [5.74, 6) is -1.60. The molecule has 0 radical (unpaired) electrons. The Morgan fingerprint density at radius 2 is 1.82 bits per heavy atom. The molecular weight excluding hydrogens is 483 g/mol. The van der Waals surface area contributed by atoms with Crippen LogP contribution in [0.1, 0.15) is 36.5 Å². The lowest BCUT2D eigenvalue weighted by atomic mass is 9.93. The van der Waals surface area contributed by atoms with Gasteiger partial charge in [0.15, 0.2) is 6.10 Å². The van der Waals surface area contributed by atoms with Crippen LogP contribution in [0.15, 0.2) is 30.6 Å². The first-order valence-electron chi connectivity index (χ1n) is 9.35. The Kier molecular flexibility index (Phi) is 13.2. The Labute approximate surface area is 203 Å². The lowest BCUT2D eigenvalue weighted by Gasteiger charge is -2.25. The second kappa shape index (κ2) is 14.1. The summed E-state index contributed by atoms with van der Waals surface area (Å²) in [6.07, 6.45) is -4.36. The molecule has 8 nitrogen and oxygen atoms in total. The minimum Gasteiger partial charge on any atom is -0.481 e. The Balaban J connectivity index is 0.00000512. The van der Waals surface area contributed by atoms with Crippen LogP contribution in [0.3, 0.4) is 0 Å². The Morgan fingerprint density at radius 3 is 2.30 bits per heavy atom. The van der Waals surface area contributed by atoms with E-state index in [1.165, 1.54) is 51.7 Å². The van der Waals surface area contributed by atoms with Crippen LogP contribution < -0.4 is 10.1 Å². The molecule has 2 N–H and O–H groups in total. The van der Waals surface area contributed by atoms with E-state index in [2.05, 4.69) is 15.3 Å². The summed E-state index contributed by atoms with van der Waals surface area (Å²) in [7, 11) is 2.81. The molecule has 13 heteroatoms. The Morgan fingerprint density at radius 1 is 1.18 bits per heavy atom. The van der Waals surface area contributed by atoms with Gasteiger partial charge in [0.2, 0.25) is 0 Å². The summed E-state index contributed by atoms with van der Waals surface area (Å²) in [4.78, 5) is 19.1. The molecule has 0 saturated carbocycles. The number of alkyl halides is 3. The average Bonchev–Trinajstić information content (AvgIpc) is 2.71. The number of carboxylic acids is 1. The number of nitrogens with zero attached hydrogens (tertiary/aromatic N) is 2. The van der Waals surface area contributed by atoms with Crippen LogP contribution in [0.5, 0.6) is 6.01 Å². The van der Waals surface area contributed by atoms with Gasteiger partial charge in [-0.3, -0.25) is 4.79 Å². The van der Waals surface area contributed by atoms with E-state index in [-0.39, 0.29) is 63.9 Å². The van der Waals surface area contributed by atoms with Crippen molar-refractivity contribution in [3.63, 3.8) is 0 Å². The Bertz CT molecular complexity index is 873. The monoisotopic (exact) mass is 511 g/mol. The van der Waals surface area contributed by atoms with Gasteiger partial charge in [-0.2, -0.15) is 40.2 Å². The molecule has 2 aromatic rings. The van der Waals surface area contributed by atoms with Gasteiger partial charge in [0.1, 0.15) is 0 Å².